The summed E-state index contributed by atoms with van der Waals surface area (Å²) in [5, 5.41) is 10.7. The Labute approximate surface area is 133 Å². The maximum atomic E-state index is 12.6. The van der Waals surface area contributed by atoms with Gasteiger partial charge in [0.25, 0.3) is 5.91 Å². The summed E-state index contributed by atoms with van der Waals surface area (Å²) in [7, 11) is 0. The van der Waals surface area contributed by atoms with Crippen molar-refractivity contribution in [2.24, 2.45) is 5.92 Å². The monoisotopic (exact) mass is 385 g/mol. The van der Waals surface area contributed by atoms with Crippen LogP contribution in [0.25, 0.3) is 0 Å². The first kappa shape index (κ1) is 14.3. The van der Waals surface area contributed by atoms with Crippen LogP contribution in [0.5, 0.6) is 0 Å². The molecule has 1 amide bonds. The van der Waals surface area contributed by atoms with E-state index in [1.807, 2.05) is 29.2 Å². The topological polar surface area (TPSA) is 40.5 Å². The van der Waals surface area contributed by atoms with E-state index < -0.39 is 5.60 Å². The highest BCUT2D eigenvalue weighted by Crippen LogP contribution is 2.40. The third kappa shape index (κ3) is 2.60. The molecule has 4 heteroatoms. The van der Waals surface area contributed by atoms with Crippen LogP contribution in [0, 0.1) is 9.49 Å². The van der Waals surface area contributed by atoms with Crippen molar-refractivity contribution in [2.45, 2.75) is 37.7 Å². The predicted octanol–water partition coefficient (Wildman–Crippen LogP) is 3.06. The van der Waals surface area contributed by atoms with Crippen molar-refractivity contribution in [2.75, 3.05) is 13.1 Å². The molecular formula is C16H20INO2. The first-order chi connectivity index (χ1) is 9.60. The van der Waals surface area contributed by atoms with E-state index in [0.29, 0.717) is 13.1 Å². The highest BCUT2D eigenvalue weighted by atomic mass is 127. The van der Waals surface area contributed by atoms with Gasteiger partial charge in [-0.1, -0.05) is 25.0 Å². The summed E-state index contributed by atoms with van der Waals surface area (Å²) in [5.74, 6) is 0.373. The Bertz CT molecular complexity index is 519. The van der Waals surface area contributed by atoms with Crippen LogP contribution in [0.2, 0.25) is 0 Å². The van der Waals surface area contributed by atoms with Gasteiger partial charge in [0.05, 0.1) is 11.2 Å². The maximum absolute atomic E-state index is 12.6. The Hall–Kier alpha value is -0.620. The lowest BCUT2D eigenvalue weighted by atomic mass is 9.71. The minimum absolute atomic E-state index is 0.114. The first-order valence-corrected chi connectivity index (χ1v) is 8.44. The number of amides is 1. The highest BCUT2D eigenvalue weighted by Gasteiger charge is 2.43. The number of aliphatic hydroxyl groups is 1. The number of hydrogen-bond acceptors (Lipinski definition) is 2. The van der Waals surface area contributed by atoms with E-state index in [2.05, 4.69) is 22.6 Å². The molecule has 108 valence electrons. The summed E-state index contributed by atoms with van der Waals surface area (Å²) < 4.78 is 1.000. The minimum atomic E-state index is -0.515. The van der Waals surface area contributed by atoms with E-state index in [1.165, 1.54) is 6.42 Å². The van der Waals surface area contributed by atoms with Gasteiger partial charge in [-0.05, 0) is 54.0 Å². The summed E-state index contributed by atoms with van der Waals surface area (Å²) in [6, 6.07) is 7.73. The quantitative estimate of drug-likeness (QED) is 0.755. The van der Waals surface area contributed by atoms with Gasteiger partial charge in [0, 0.05) is 22.6 Å². The van der Waals surface area contributed by atoms with E-state index in [9.17, 15) is 9.90 Å². The number of piperidine rings is 1. The number of carbonyl (C=O) groups excluding carboxylic acids is 1. The number of hydrogen-bond donors (Lipinski definition) is 1. The Morgan fingerprint density at radius 2 is 2.10 bits per heavy atom. The molecule has 0 spiro atoms. The van der Waals surface area contributed by atoms with Crippen molar-refractivity contribution >= 4 is 28.5 Å². The van der Waals surface area contributed by atoms with Gasteiger partial charge in [-0.3, -0.25) is 4.79 Å². The van der Waals surface area contributed by atoms with Crippen molar-refractivity contribution in [1.29, 1.82) is 0 Å². The lowest BCUT2D eigenvalue weighted by Gasteiger charge is -2.47. The molecule has 1 aromatic rings. The van der Waals surface area contributed by atoms with Gasteiger partial charge in [0.2, 0.25) is 0 Å². The molecule has 20 heavy (non-hydrogen) atoms. The number of nitrogens with zero attached hydrogens (tertiary/aromatic N) is 1. The van der Waals surface area contributed by atoms with E-state index >= 15 is 0 Å². The van der Waals surface area contributed by atoms with Crippen LogP contribution >= 0.6 is 22.6 Å². The van der Waals surface area contributed by atoms with Crippen LogP contribution in [-0.4, -0.2) is 34.6 Å². The summed E-state index contributed by atoms with van der Waals surface area (Å²) in [4.78, 5) is 14.6. The van der Waals surface area contributed by atoms with Crippen LogP contribution in [0.15, 0.2) is 24.3 Å². The minimum Gasteiger partial charge on any atom is -0.389 e. The fourth-order valence-corrected chi connectivity index (χ4v) is 4.18. The van der Waals surface area contributed by atoms with Crippen LogP contribution in [-0.2, 0) is 0 Å². The van der Waals surface area contributed by atoms with Crippen molar-refractivity contribution in [3.8, 4) is 0 Å². The molecular weight excluding hydrogens is 365 g/mol. The number of likely N-dealkylation sites (tertiary alicyclic amines) is 1. The van der Waals surface area contributed by atoms with Gasteiger partial charge >= 0.3 is 0 Å². The smallest absolute Gasteiger partial charge is 0.254 e. The number of benzene rings is 1. The van der Waals surface area contributed by atoms with Crippen molar-refractivity contribution in [3.05, 3.63) is 33.4 Å². The lowest BCUT2D eigenvalue weighted by Crippen LogP contribution is -2.54. The fraction of sp³-hybridized carbons (Fsp3) is 0.562. The third-order valence-corrected chi connectivity index (χ3v) is 5.76. The van der Waals surface area contributed by atoms with Crippen LogP contribution in [0.1, 0.15) is 42.5 Å². The molecule has 2 atom stereocenters. The van der Waals surface area contributed by atoms with E-state index in [4.69, 9.17) is 0 Å². The molecule has 1 N–H and O–H groups in total. The number of halogens is 1. The molecule has 1 aromatic carbocycles. The molecule has 2 fully saturated rings. The zero-order valence-electron chi connectivity index (χ0n) is 11.5. The SMILES string of the molecule is O=C(c1ccccc1I)N1CCC2(O)CCCCC2C1. The molecule has 3 rings (SSSR count). The average molecular weight is 385 g/mol. The molecule has 2 aliphatic rings. The van der Waals surface area contributed by atoms with Crippen molar-refractivity contribution in [1.82, 2.24) is 4.90 Å². The fourth-order valence-electron chi connectivity index (χ4n) is 3.56. The summed E-state index contributed by atoms with van der Waals surface area (Å²) in [6.07, 6.45) is 4.98. The van der Waals surface area contributed by atoms with E-state index in [-0.39, 0.29) is 11.8 Å². The molecule has 1 aliphatic carbocycles. The second-order valence-corrected chi connectivity index (χ2v) is 7.19. The van der Waals surface area contributed by atoms with Crippen LogP contribution in [0.4, 0.5) is 0 Å². The molecule has 0 bridgehead atoms. The molecule has 0 radical (unpaired) electrons. The highest BCUT2D eigenvalue weighted by molar-refractivity contribution is 14.1. The molecule has 1 saturated heterocycles. The summed E-state index contributed by atoms with van der Waals surface area (Å²) in [5.41, 5.74) is 0.271. The predicted molar refractivity (Wildman–Crippen MR) is 86.6 cm³/mol. The maximum Gasteiger partial charge on any atom is 0.254 e. The van der Waals surface area contributed by atoms with E-state index in [0.717, 1.165) is 34.8 Å². The van der Waals surface area contributed by atoms with Crippen LogP contribution < -0.4 is 0 Å². The molecule has 1 heterocycles. The van der Waals surface area contributed by atoms with Gasteiger partial charge in [0.15, 0.2) is 0 Å². The molecule has 1 saturated carbocycles. The van der Waals surface area contributed by atoms with E-state index in [1.54, 1.807) is 0 Å². The van der Waals surface area contributed by atoms with Gasteiger partial charge in [-0.25, -0.2) is 0 Å². The number of rotatable bonds is 1. The molecule has 3 nitrogen and oxygen atoms in total. The summed E-state index contributed by atoms with van der Waals surface area (Å²) in [6.45, 7) is 1.39. The number of carbonyl (C=O) groups is 1. The Balaban J connectivity index is 1.76. The second kappa shape index (κ2) is 5.64. The molecule has 0 aromatic heterocycles. The Kier molecular flexibility index (Phi) is 4.04. The normalized spacial score (nSPS) is 29.9. The van der Waals surface area contributed by atoms with Gasteiger partial charge in [-0.15, -0.1) is 0 Å². The van der Waals surface area contributed by atoms with Gasteiger partial charge in [0.1, 0.15) is 0 Å². The van der Waals surface area contributed by atoms with Gasteiger partial charge in [-0.2, -0.15) is 0 Å². The lowest BCUT2D eigenvalue weighted by molar-refractivity contribution is -0.0886. The zero-order chi connectivity index (χ0) is 14.2. The third-order valence-electron chi connectivity index (χ3n) is 4.82. The number of fused-ring (bicyclic) bond motifs is 1. The Morgan fingerprint density at radius 3 is 2.90 bits per heavy atom. The van der Waals surface area contributed by atoms with Gasteiger partial charge < -0.3 is 10.0 Å². The summed E-state index contributed by atoms with van der Waals surface area (Å²) >= 11 is 2.21. The first-order valence-electron chi connectivity index (χ1n) is 7.36. The standard InChI is InChI=1S/C16H20INO2/c17-14-7-2-1-6-13(14)15(19)18-10-9-16(20)8-4-3-5-12(16)11-18/h1-2,6-7,12,20H,3-5,8-11H2. The van der Waals surface area contributed by atoms with Crippen molar-refractivity contribution in [3.63, 3.8) is 0 Å². The Morgan fingerprint density at radius 1 is 1.30 bits per heavy atom. The second-order valence-electron chi connectivity index (χ2n) is 6.03. The largest absolute Gasteiger partial charge is 0.389 e. The molecule has 2 unspecified atom stereocenters. The van der Waals surface area contributed by atoms with Crippen molar-refractivity contribution < 1.29 is 9.90 Å². The average Bonchev–Trinajstić information content (AvgIpc) is 2.46. The molecule has 1 aliphatic heterocycles. The van der Waals surface area contributed by atoms with Crippen LogP contribution in [0.3, 0.4) is 0 Å². The zero-order valence-corrected chi connectivity index (χ0v) is 13.7.